The van der Waals surface area contributed by atoms with Crippen LogP contribution in [0.5, 0.6) is 0 Å². The number of rotatable bonds is 1. The molecular formula is C5H9CuN4O4-. The molecular weight excluding hydrogens is 244 g/mol. The third-order valence-electron chi connectivity index (χ3n) is 0.939. The largest absolute Gasteiger partial charge is 0.478 e. The van der Waals surface area contributed by atoms with Gasteiger partial charge in [-0.3, -0.25) is 9.59 Å². The quantitative estimate of drug-likeness (QED) is 0.450. The van der Waals surface area contributed by atoms with Gasteiger partial charge in [0.25, 0.3) is 0 Å². The Morgan fingerprint density at radius 2 is 1.86 bits per heavy atom. The van der Waals surface area contributed by atoms with Gasteiger partial charge in [-0.2, -0.15) is 0 Å². The average molecular weight is 253 g/mol. The monoisotopic (exact) mass is 252 g/mol. The summed E-state index contributed by atoms with van der Waals surface area (Å²) < 4.78 is 0. The van der Waals surface area contributed by atoms with E-state index in [1.807, 2.05) is 0 Å². The molecule has 1 heterocycles. The molecule has 0 saturated heterocycles. The fourth-order valence-corrected chi connectivity index (χ4v) is 0.545. The third kappa shape index (κ3) is 4.57. The van der Waals surface area contributed by atoms with Gasteiger partial charge in [-0.15, -0.1) is 0 Å². The van der Waals surface area contributed by atoms with E-state index in [4.69, 9.17) is 5.11 Å². The predicted molar refractivity (Wildman–Crippen MR) is 43.7 cm³/mol. The molecule has 0 atom stereocenters. The Kier molecular flexibility index (Phi) is 9.24. The maximum atomic E-state index is 10.5. The number of nitrogens with zero attached hydrogens (tertiary/aromatic N) is 1. The van der Waals surface area contributed by atoms with Crippen molar-refractivity contribution in [3.63, 3.8) is 0 Å². The van der Waals surface area contributed by atoms with E-state index in [1.165, 1.54) is 0 Å². The van der Waals surface area contributed by atoms with Crippen molar-refractivity contribution < 1.29 is 27.0 Å². The molecule has 0 amide bonds. The van der Waals surface area contributed by atoms with Crippen LogP contribution in [-0.4, -0.2) is 16.1 Å². The molecule has 0 saturated carbocycles. The second-order valence-electron chi connectivity index (χ2n) is 1.74. The maximum Gasteiger partial charge on any atom is 0.331 e. The number of aromatic nitrogens is 2. The molecule has 0 spiro atoms. The van der Waals surface area contributed by atoms with Gasteiger partial charge >= 0.3 is 5.97 Å². The zero-order valence-electron chi connectivity index (χ0n) is 6.91. The van der Waals surface area contributed by atoms with Crippen molar-refractivity contribution in [1.29, 1.82) is 0 Å². The summed E-state index contributed by atoms with van der Waals surface area (Å²) in [4.78, 5) is 35.8. The van der Waals surface area contributed by atoms with Crippen molar-refractivity contribution in [2.45, 2.75) is 0 Å². The number of nitrogens with one attached hydrogen (secondary N) is 1. The number of aromatic carboxylic acids is 1. The van der Waals surface area contributed by atoms with Crippen molar-refractivity contribution in [3.05, 3.63) is 32.6 Å². The first-order valence-electron chi connectivity index (χ1n) is 2.61. The van der Waals surface area contributed by atoms with Gasteiger partial charge < -0.3 is 27.4 Å². The van der Waals surface area contributed by atoms with Gasteiger partial charge in [0.2, 0.25) is 0 Å². The van der Waals surface area contributed by atoms with E-state index in [0.29, 0.717) is 0 Å². The van der Waals surface area contributed by atoms with Gasteiger partial charge in [0.15, 0.2) is 11.2 Å². The van der Waals surface area contributed by atoms with Crippen LogP contribution in [0.25, 0.3) is 0 Å². The SMILES string of the molecule is N.N.O=C(O)c1cc(=O)[nH]c(=O)[n-]1.[Cu]. The topological polar surface area (TPSA) is 171 Å². The van der Waals surface area contributed by atoms with Crippen LogP contribution in [0, 0.1) is 0 Å². The summed E-state index contributed by atoms with van der Waals surface area (Å²) in [6.07, 6.45) is 0. The fourth-order valence-electron chi connectivity index (χ4n) is 0.545. The summed E-state index contributed by atoms with van der Waals surface area (Å²) in [7, 11) is 0. The molecule has 9 heteroatoms. The molecule has 8 nitrogen and oxygen atoms in total. The predicted octanol–water partition coefficient (Wildman–Crippen LogP) is -1.29. The fraction of sp³-hybridized carbons (Fsp3) is 0. The van der Waals surface area contributed by atoms with E-state index < -0.39 is 22.9 Å². The molecule has 1 aromatic rings. The molecule has 14 heavy (non-hydrogen) atoms. The van der Waals surface area contributed by atoms with Crippen LogP contribution >= 0.6 is 0 Å². The molecule has 8 N–H and O–H groups in total. The number of carbonyl (C=O) groups is 1. The van der Waals surface area contributed by atoms with Crippen LogP contribution in [0.4, 0.5) is 0 Å². The van der Waals surface area contributed by atoms with Gasteiger partial charge in [-0.1, -0.05) is 0 Å². The summed E-state index contributed by atoms with van der Waals surface area (Å²) >= 11 is 0. The minimum absolute atomic E-state index is 0. The van der Waals surface area contributed by atoms with Gasteiger partial charge in [0.1, 0.15) is 0 Å². The second kappa shape index (κ2) is 7.04. The Morgan fingerprint density at radius 1 is 1.36 bits per heavy atom. The second-order valence-corrected chi connectivity index (χ2v) is 1.74. The molecule has 0 aliphatic rings. The first-order valence-corrected chi connectivity index (χ1v) is 2.61. The van der Waals surface area contributed by atoms with Gasteiger partial charge in [-0.05, 0) is 6.07 Å². The van der Waals surface area contributed by atoms with Crippen molar-refractivity contribution >= 4 is 5.97 Å². The normalized spacial score (nSPS) is 7.43. The molecule has 0 bridgehead atoms. The van der Waals surface area contributed by atoms with Crippen molar-refractivity contribution in [3.8, 4) is 0 Å². The van der Waals surface area contributed by atoms with Gasteiger partial charge in [-0.25, -0.2) is 4.79 Å². The zero-order valence-corrected chi connectivity index (χ0v) is 7.85. The maximum absolute atomic E-state index is 10.5. The smallest absolute Gasteiger partial charge is 0.331 e. The summed E-state index contributed by atoms with van der Waals surface area (Å²) in [5.41, 5.74) is -2.25. The molecule has 1 radical (unpaired) electrons. The first-order chi connectivity index (χ1) is 5.09. The minimum atomic E-state index is -1.40. The van der Waals surface area contributed by atoms with E-state index in [0.717, 1.165) is 6.07 Å². The Bertz CT molecular complexity index is 369. The molecule has 0 fully saturated rings. The standard InChI is InChI=1S/C5H4N2O4.Cu.2H3N/c8-3-1-2(4(9)10)6-5(11)7-3;;;/h1H,(H3,6,7,8,9,10,11);;2*1H3/p-1. The van der Waals surface area contributed by atoms with E-state index in [1.54, 1.807) is 4.98 Å². The number of hydrogen-bond donors (Lipinski definition) is 4. The summed E-state index contributed by atoms with van der Waals surface area (Å²) in [6, 6.07) is 0.740. The number of carboxylic acids is 1. The Balaban J connectivity index is -0.000000403. The molecule has 0 unspecified atom stereocenters. The number of H-pyrrole nitrogens is 1. The number of aromatic amines is 1. The molecule has 85 valence electrons. The van der Waals surface area contributed by atoms with E-state index in [-0.39, 0.29) is 29.4 Å². The first kappa shape index (κ1) is 18.4. The Labute approximate surface area is 88.4 Å². The van der Waals surface area contributed by atoms with Gasteiger partial charge in [0, 0.05) is 17.1 Å². The van der Waals surface area contributed by atoms with Crippen LogP contribution in [0.15, 0.2) is 15.7 Å². The zero-order chi connectivity index (χ0) is 8.43. The van der Waals surface area contributed by atoms with Gasteiger partial charge in [0.05, 0.1) is 5.69 Å². The third-order valence-corrected chi connectivity index (χ3v) is 0.939. The molecule has 1 aromatic heterocycles. The van der Waals surface area contributed by atoms with Crippen LogP contribution in [0.1, 0.15) is 10.5 Å². The number of carboxylic acid groups (broad SMARTS) is 1. The average Bonchev–Trinajstić information content (AvgIpc) is 1.85. The summed E-state index contributed by atoms with van der Waals surface area (Å²) in [5, 5.41) is 8.28. The van der Waals surface area contributed by atoms with E-state index in [9.17, 15) is 14.4 Å². The summed E-state index contributed by atoms with van der Waals surface area (Å²) in [5.74, 6) is -1.40. The van der Waals surface area contributed by atoms with Crippen LogP contribution in [0.2, 0.25) is 0 Å². The van der Waals surface area contributed by atoms with Crippen molar-refractivity contribution in [2.24, 2.45) is 0 Å². The molecule has 0 aromatic carbocycles. The number of hydrogen-bond acceptors (Lipinski definition) is 5. The van der Waals surface area contributed by atoms with E-state index in [2.05, 4.69) is 4.98 Å². The minimum Gasteiger partial charge on any atom is -0.478 e. The summed E-state index contributed by atoms with van der Waals surface area (Å²) in [6.45, 7) is 0. The molecule has 0 aliphatic heterocycles. The van der Waals surface area contributed by atoms with Crippen molar-refractivity contribution in [1.82, 2.24) is 22.3 Å². The molecule has 0 aliphatic carbocycles. The Morgan fingerprint density at radius 3 is 2.21 bits per heavy atom. The van der Waals surface area contributed by atoms with Crippen LogP contribution in [0.3, 0.4) is 0 Å². The van der Waals surface area contributed by atoms with E-state index >= 15 is 0 Å². The van der Waals surface area contributed by atoms with Crippen LogP contribution < -0.4 is 28.5 Å². The molecule has 1 rings (SSSR count). The van der Waals surface area contributed by atoms with Crippen LogP contribution in [-0.2, 0) is 17.1 Å². The Hall–Kier alpha value is -1.41. The van der Waals surface area contributed by atoms with Crippen molar-refractivity contribution in [2.75, 3.05) is 0 Å².